The third kappa shape index (κ3) is 3.17. The van der Waals surface area contributed by atoms with E-state index in [0.717, 1.165) is 19.0 Å². The van der Waals surface area contributed by atoms with Crippen LogP contribution in [0.25, 0.3) is 0 Å². The largest absolute Gasteiger partial charge is 0.385 e. The van der Waals surface area contributed by atoms with Crippen LogP contribution in [0.4, 0.5) is 8.78 Å². The zero-order valence-corrected chi connectivity index (χ0v) is 10.7. The molecule has 0 amide bonds. The number of aromatic nitrogens is 2. The molecule has 0 saturated heterocycles. The van der Waals surface area contributed by atoms with Crippen molar-refractivity contribution >= 4 is 0 Å². The van der Waals surface area contributed by atoms with Crippen molar-refractivity contribution in [2.24, 2.45) is 0 Å². The first-order valence-corrected chi connectivity index (χ1v) is 6.24. The van der Waals surface area contributed by atoms with Crippen LogP contribution in [-0.4, -0.2) is 14.7 Å². The summed E-state index contributed by atoms with van der Waals surface area (Å²) in [5, 5.41) is 10.1. The molecule has 0 saturated carbocycles. The molecule has 1 aromatic heterocycles. The van der Waals surface area contributed by atoms with E-state index in [0.29, 0.717) is 5.82 Å². The molecular formula is C14H16F2N2O. The summed E-state index contributed by atoms with van der Waals surface area (Å²) in [5.41, 5.74) is 0.278. The van der Waals surface area contributed by atoms with Crippen molar-refractivity contribution in [2.75, 3.05) is 0 Å². The number of aliphatic hydroxyl groups is 1. The molecule has 1 N–H and O–H groups in total. The summed E-state index contributed by atoms with van der Waals surface area (Å²) in [7, 11) is 0. The van der Waals surface area contributed by atoms with Gasteiger partial charge in [-0.2, -0.15) is 0 Å². The first-order valence-electron chi connectivity index (χ1n) is 6.24. The van der Waals surface area contributed by atoms with Gasteiger partial charge < -0.3 is 9.67 Å². The molecule has 5 heteroatoms. The van der Waals surface area contributed by atoms with Gasteiger partial charge in [-0.15, -0.1) is 0 Å². The number of imidazole rings is 1. The van der Waals surface area contributed by atoms with Crippen LogP contribution in [0.15, 0.2) is 30.6 Å². The van der Waals surface area contributed by atoms with Crippen LogP contribution in [0.5, 0.6) is 0 Å². The van der Waals surface area contributed by atoms with Crippen molar-refractivity contribution in [3.05, 3.63) is 53.6 Å². The van der Waals surface area contributed by atoms with E-state index in [9.17, 15) is 13.9 Å². The van der Waals surface area contributed by atoms with Crippen molar-refractivity contribution in [2.45, 2.75) is 32.4 Å². The molecule has 3 nitrogen and oxygen atoms in total. The average molecular weight is 266 g/mol. The number of nitrogens with zero attached hydrogens (tertiary/aromatic N) is 2. The lowest BCUT2D eigenvalue weighted by Gasteiger charge is -2.13. The van der Waals surface area contributed by atoms with Crippen molar-refractivity contribution in [1.29, 1.82) is 0 Å². The Balaban J connectivity index is 2.16. The first kappa shape index (κ1) is 13.7. The monoisotopic (exact) mass is 266 g/mol. The maximum Gasteiger partial charge on any atom is 0.137 e. The molecule has 0 aliphatic carbocycles. The Morgan fingerprint density at radius 3 is 2.84 bits per heavy atom. The second-order valence-corrected chi connectivity index (χ2v) is 4.43. The van der Waals surface area contributed by atoms with Gasteiger partial charge in [0.1, 0.15) is 23.6 Å². The number of aliphatic hydroxyl groups excluding tert-OH is 1. The number of aryl methyl sites for hydroxylation is 1. The van der Waals surface area contributed by atoms with Crippen LogP contribution in [-0.2, 0) is 13.0 Å². The molecule has 19 heavy (non-hydrogen) atoms. The van der Waals surface area contributed by atoms with Crippen molar-refractivity contribution < 1.29 is 13.9 Å². The molecular weight excluding hydrogens is 250 g/mol. The molecule has 0 spiro atoms. The van der Waals surface area contributed by atoms with E-state index in [1.165, 1.54) is 12.1 Å². The molecule has 0 fully saturated rings. The van der Waals surface area contributed by atoms with Gasteiger partial charge in [-0.25, -0.2) is 13.8 Å². The Kier molecular flexibility index (Phi) is 4.27. The van der Waals surface area contributed by atoms with Gasteiger partial charge >= 0.3 is 0 Å². The van der Waals surface area contributed by atoms with Crippen LogP contribution in [0.1, 0.15) is 30.8 Å². The lowest BCUT2D eigenvalue weighted by atomic mass is 10.1. The standard InChI is InChI=1S/C14H16F2N2O/c1-2-6-18-7-5-17-14(18)13(19)8-10-3-4-11(15)9-12(10)16/h3-5,7,9,13,19H,2,6,8H2,1H3. The normalized spacial score (nSPS) is 12.6. The van der Waals surface area contributed by atoms with E-state index in [4.69, 9.17) is 0 Å². The summed E-state index contributed by atoms with van der Waals surface area (Å²) in [4.78, 5) is 4.09. The van der Waals surface area contributed by atoms with Crippen molar-refractivity contribution in [3.8, 4) is 0 Å². The minimum Gasteiger partial charge on any atom is -0.385 e. The highest BCUT2D eigenvalue weighted by atomic mass is 19.1. The maximum atomic E-state index is 13.5. The predicted octanol–water partition coefficient (Wildman–Crippen LogP) is 2.85. The highest BCUT2D eigenvalue weighted by molar-refractivity contribution is 5.20. The van der Waals surface area contributed by atoms with Gasteiger partial charge in [0.05, 0.1) is 0 Å². The fraction of sp³-hybridized carbons (Fsp3) is 0.357. The highest BCUT2D eigenvalue weighted by Crippen LogP contribution is 2.19. The third-order valence-corrected chi connectivity index (χ3v) is 2.94. The molecule has 2 rings (SSSR count). The molecule has 1 atom stereocenters. The summed E-state index contributed by atoms with van der Waals surface area (Å²) in [6, 6.07) is 3.35. The number of halogens is 2. The second kappa shape index (κ2) is 5.93. The van der Waals surface area contributed by atoms with Crippen LogP contribution >= 0.6 is 0 Å². The highest BCUT2D eigenvalue weighted by Gasteiger charge is 2.16. The summed E-state index contributed by atoms with van der Waals surface area (Å²) in [5.74, 6) is -0.763. The summed E-state index contributed by atoms with van der Waals surface area (Å²) >= 11 is 0. The zero-order chi connectivity index (χ0) is 13.8. The Labute approximate surface area is 110 Å². The number of benzene rings is 1. The van der Waals surface area contributed by atoms with Gasteiger partial charge in [0, 0.05) is 31.4 Å². The van der Waals surface area contributed by atoms with Gasteiger partial charge in [0.15, 0.2) is 0 Å². The number of hydrogen-bond donors (Lipinski definition) is 1. The van der Waals surface area contributed by atoms with E-state index in [-0.39, 0.29) is 12.0 Å². The molecule has 0 aliphatic heterocycles. The van der Waals surface area contributed by atoms with Crippen LogP contribution in [0, 0.1) is 11.6 Å². The van der Waals surface area contributed by atoms with Gasteiger partial charge in [0.2, 0.25) is 0 Å². The number of hydrogen-bond acceptors (Lipinski definition) is 2. The lowest BCUT2D eigenvalue weighted by molar-refractivity contribution is 0.162. The maximum absolute atomic E-state index is 13.5. The molecule has 1 unspecified atom stereocenters. The van der Waals surface area contributed by atoms with Gasteiger partial charge in [-0.1, -0.05) is 13.0 Å². The lowest BCUT2D eigenvalue weighted by Crippen LogP contribution is -2.11. The topological polar surface area (TPSA) is 38.0 Å². The van der Waals surface area contributed by atoms with Gasteiger partial charge in [-0.3, -0.25) is 0 Å². The SMILES string of the molecule is CCCn1ccnc1C(O)Cc1ccc(F)cc1F. The van der Waals surface area contributed by atoms with E-state index < -0.39 is 17.7 Å². The molecule has 1 aromatic carbocycles. The molecule has 2 aromatic rings. The minimum absolute atomic E-state index is 0.0762. The number of rotatable bonds is 5. The molecule has 1 heterocycles. The smallest absolute Gasteiger partial charge is 0.137 e. The average Bonchev–Trinajstić information content (AvgIpc) is 2.81. The van der Waals surface area contributed by atoms with E-state index in [1.807, 2.05) is 11.5 Å². The molecule has 102 valence electrons. The predicted molar refractivity (Wildman–Crippen MR) is 67.5 cm³/mol. The Morgan fingerprint density at radius 2 is 2.16 bits per heavy atom. The van der Waals surface area contributed by atoms with Crippen molar-refractivity contribution in [1.82, 2.24) is 9.55 Å². The summed E-state index contributed by atoms with van der Waals surface area (Å²) < 4.78 is 28.2. The van der Waals surface area contributed by atoms with E-state index >= 15 is 0 Å². The fourth-order valence-electron chi connectivity index (χ4n) is 2.03. The summed E-state index contributed by atoms with van der Waals surface area (Å²) in [6.45, 7) is 2.77. The minimum atomic E-state index is -0.901. The van der Waals surface area contributed by atoms with Crippen LogP contribution < -0.4 is 0 Å². The molecule has 0 radical (unpaired) electrons. The van der Waals surface area contributed by atoms with Gasteiger partial charge in [-0.05, 0) is 18.1 Å². The second-order valence-electron chi connectivity index (χ2n) is 4.43. The Morgan fingerprint density at radius 1 is 1.37 bits per heavy atom. The van der Waals surface area contributed by atoms with Crippen molar-refractivity contribution in [3.63, 3.8) is 0 Å². The van der Waals surface area contributed by atoms with Gasteiger partial charge in [0.25, 0.3) is 0 Å². The van der Waals surface area contributed by atoms with E-state index in [2.05, 4.69) is 4.98 Å². The molecule has 0 bridgehead atoms. The first-order chi connectivity index (χ1) is 9.11. The zero-order valence-electron chi connectivity index (χ0n) is 10.7. The quantitative estimate of drug-likeness (QED) is 0.903. The Hall–Kier alpha value is -1.75. The molecule has 0 aliphatic rings. The fourth-order valence-corrected chi connectivity index (χ4v) is 2.03. The Bertz CT molecular complexity index is 554. The van der Waals surface area contributed by atoms with Crippen LogP contribution in [0.3, 0.4) is 0 Å². The van der Waals surface area contributed by atoms with E-state index in [1.54, 1.807) is 12.4 Å². The van der Waals surface area contributed by atoms with Crippen LogP contribution in [0.2, 0.25) is 0 Å². The summed E-state index contributed by atoms with van der Waals surface area (Å²) in [6.07, 6.45) is 3.48. The third-order valence-electron chi connectivity index (χ3n) is 2.94.